The number of ether oxygens (including phenoxy) is 1. The average Bonchev–Trinajstić information content (AvgIpc) is 2.29. The lowest BCUT2D eigenvalue weighted by atomic mass is 10.0. The van der Waals surface area contributed by atoms with E-state index in [1.165, 1.54) is 11.3 Å². The third-order valence-electron chi connectivity index (χ3n) is 3.36. The maximum absolute atomic E-state index is 6.15. The van der Waals surface area contributed by atoms with Gasteiger partial charge in [0, 0.05) is 29.8 Å². The number of nitrogens with two attached hydrogens (primary N) is 1. The van der Waals surface area contributed by atoms with E-state index in [4.69, 9.17) is 22.1 Å². The monoisotopic (exact) mass is 282 g/mol. The summed E-state index contributed by atoms with van der Waals surface area (Å²) in [6, 6.07) is 6.22. The first kappa shape index (κ1) is 14.6. The highest BCUT2D eigenvalue weighted by atomic mass is 35.5. The standard InChI is InChI=1S/C15H23ClN2O/c1-11(17)8-12-4-5-13(16)9-14(12)18-6-7-19-15(2,3)10-18/h4-5,9,11H,6-8,10,17H2,1-3H3. The minimum absolute atomic E-state index is 0.119. The maximum Gasteiger partial charge on any atom is 0.0801 e. The summed E-state index contributed by atoms with van der Waals surface area (Å²) in [5.41, 5.74) is 8.28. The van der Waals surface area contributed by atoms with Crippen LogP contribution in [0.5, 0.6) is 0 Å². The maximum atomic E-state index is 6.15. The number of halogens is 1. The molecule has 4 heteroatoms. The van der Waals surface area contributed by atoms with Crippen LogP contribution in [0, 0.1) is 0 Å². The van der Waals surface area contributed by atoms with E-state index in [9.17, 15) is 0 Å². The van der Waals surface area contributed by atoms with Crippen molar-refractivity contribution in [2.24, 2.45) is 5.73 Å². The van der Waals surface area contributed by atoms with Gasteiger partial charge in [0.25, 0.3) is 0 Å². The van der Waals surface area contributed by atoms with Crippen molar-refractivity contribution in [2.45, 2.75) is 38.8 Å². The number of rotatable bonds is 3. The van der Waals surface area contributed by atoms with Crippen LogP contribution in [-0.4, -0.2) is 31.3 Å². The summed E-state index contributed by atoms with van der Waals surface area (Å²) >= 11 is 6.15. The van der Waals surface area contributed by atoms with Gasteiger partial charge in [0.15, 0.2) is 0 Å². The zero-order chi connectivity index (χ0) is 14.0. The molecule has 0 amide bonds. The molecule has 1 atom stereocenters. The van der Waals surface area contributed by atoms with Gasteiger partial charge in [-0.3, -0.25) is 0 Å². The molecule has 1 unspecified atom stereocenters. The van der Waals surface area contributed by atoms with Crippen molar-refractivity contribution < 1.29 is 4.74 Å². The Morgan fingerprint density at radius 1 is 1.47 bits per heavy atom. The van der Waals surface area contributed by atoms with Crippen LogP contribution in [0.3, 0.4) is 0 Å². The molecule has 0 spiro atoms. The van der Waals surface area contributed by atoms with Crippen LogP contribution in [-0.2, 0) is 11.2 Å². The van der Waals surface area contributed by atoms with Crippen LogP contribution >= 0.6 is 11.6 Å². The predicted octanol–water partition coefficient (Wildman–Crippen LogP) is 2.84. The van der Waals surface area contributed by atoms with Crippen molar-refractivity contribution in [3.05, 3.63) is 28.8 Å². The van der Waals surface area contributed by atoms with Crippen LogP contribution in [0.4, 0.5) is 5.69 Å². The Bertz CT molecular complexity index is 446. The molecule has 1 aliphatic heterocycles. The molecular formula is C15H23ClN2O. The van der Waals surface area contributed by atoms with Gasteiger partial charge in [-0.25, -0.2) is 0 Å². The van der Waals surface area contributed by atoms with Gasteiger partial charge >= 0.3 is 0 Å². The van der Waals surface area contributed by atoms with Crippen molar-refractivity contribution in [3.63, 3.8) is 0 Å². The Morgan fingerprint density at radius 2 is 2.21 bits per heavy atom. The van der Waals surface area contributed by atoms with Gasteiger partial charge in [0.2, 0.25) is 0 Å². The SMILES string of the molecule is CC(N)Cc1ccc(Cl)cc1N1CCOC(C)(C)C1. The van der Waals surface area contributed by atoms with Gasteiger partial charge in [-0.2, -0.15) is 0 Å². The Hall–Kier alpha value is -0.770. The van der Waals surface area contributed by atoms with Crippen LogP contribution in [0.1, 0.15) is 26.3 Å². The predicted molar refractivity (Wildman–Crippen MR) is 81.0 cm³/mol. The normalized spacial score (nSPS) is 20.4. The highest BCUT2D eigenvalue weighted by Crippen LogP contribution is 2.29. The first-order chi connectivity index (χ1) is 8.87. The number of benzene rings is 1. The second kappa shape index (κ2) is 5.70. The molecule has 0 saturated carbocycles. The molecule has 1 heterocycles. The molecule has 0 aromatic heterocycles. The van der Waals surface area contributed by atoms with Gasteiger partial charge in [0.05, 0.1) is 12.2 Å². The number of hydrogen-bond donors (Lipinski definition) is 1. The fraction of sp³-hybridized carbons (Fsp3) is 0.600. The molecule has 19 heavy (non-hydrogen) atoms. The summed E-state index contributed by atoms with van der Waals surface area (Å²) in [5, 5.41) is 0.771. The van der Waals surface area contributed by atoms with Crippen LogP contribution in [0.15, 0.2) is 18.2 Å². The Morgan fingerprint density at radius 3 is 2.84 bits per heavy atom. The summed E-state index contributed by atoms with van der Waals surface area (Å²) in [6.45, 7) is 8.79. The molecule has 0 bridgehead atoms. The fourth-order valence-electron chi connectivity index (χ4n) is 2.57. The smallest absolute Gasteiger partial charge is 0.0801 e. The first-order valence-corrected chi connectivity index (χ1v) is 7.18. The average molecular weight is 283 g/mol. The van der Waals surface area contributed by atoms with Gasteiger partial charge < -0.3 is 15.4 Å². The van der Waals surface area contributed by atoms with E-state index in [0.29, 0.717) is 0 Å². The Balaban J connectivity index is 2.29. The number of morpholine rings is 1. The van der Waals surface area contributed by atoms with E-state index in [1.54, 1.807) is 0 Å². The van der Waals surface area contributed by atoms with E-state index in [2.05, 4.69) is 24.8 Å². The Kier molecular flexibility index (Phi) is 4.39. The van der Waals surface area contributed by atoms with Crippen molar-refractivity contribution >= 4 is 17.3 Å². The van der Waals surface area contributed by atoms with Crippen molar-refractivity contribution in [2.75, 3.05) is 24.6 Å². The van der Waals surface area contributed by atoms with Gasteiger partial charge in [0.1, 0.15) is 0 Å². The third-order valence-corrected chi connectivity index (χ3v) is 3.59. The molecule has 1 fully saturated rings. The minimum Gasteiger partial charge on any atom is -0.372 e. The molecule has 1 saturated heterocycles. The molecule has 0 aliphatic carbocycles. The molecule has 2 N–H and O–H groups in total. The van der Waals surface area contributed by atoms with Crippen molar-refractivity contribution in [1.82, 2.24) is 0 Å². The van der Waals surface area contributed by atoms with Crippen LogP contribution in [0.25, 0.3) is 0 Å². The second-order valence-corrected chi connectivity index (χ2v) is 6.42. The van der Waals surface area contributed by atoms with Crippen LogP contribution in [0.2, 0.25) is 5.02 Å². The van der Waals surface area contributed by atoms with Gasteiger partial charge in [-0.15, -0.1) is 0 Å². The van der Waals surface area contributed by atoms with Gasteiger partial charge in [-0.05, 0) is 44.9 Å². The van der Waals surface area contributed by atoms with E-state index in [0.717, 1.165) is 31.1 Å². The molecule has 1 aromatic rings. The molecule has 106 valence electrons. The summed E-state index contributed by atoms with van der Waals surface area (Å²) in [6.07, 6.45) is 0.865. The topological polar surface area (TPSA) is 38.5 Å². The number of nitrogens with zero attached hydrogens (tertiary/aromatic N) is 1. The molecule has 2 rings (SSSR count). The molecule has 1 aromatic carbocycles. The fourth-order valence-corrected chi connectivity index (χ4v) is 2.74. The third kappa shape index (κ3) is 3.85. The van der Waals surface area contributed by atoms with E-state index >= 15 is 0 Å². The largest absolute Gasteiger partial charge is 0.372 e. The number of anilines is 1. The Labute approximate surface area is 120 Å². The zero-order valence-electron chi connectivity index (χ0n) is 11.9. The zero-order valence-corrected chi connectivity index (χ0v) is 12.7. The highest BCUT2D eigenvalue weighted by Gasteiger charge is 2.28. The lowest BCUT2D eigenvalue weighted by molar-refractivity contribution is -0.0277. The summed E-state index contributed by atoms with van der Waals surface area (Å²) < 4.78 is 5.77. The molecular weight excluding hydrogens is 260 g/mol. The quantitative estimate of drug-likeness (QED) is 0.926. The molecule has 0 radical (unpaired) electrons. The first-order valence-electron chi connectivity index (χ1n) is 6.80. The molecule has 1 aliphatic rings. The van der Waals surface area contributed by atoms with Crippen molar-refractivity contribution in [3.8, 4) is 0 Å². The lowest BCUT2D eigenvalue weighted by Gasteiger charge is -2.40. The minimum atomic E-state index is -0.119. The summed E-state index contributed by atoms with van der Waals surface area (Å²) in [7, 11) is 0. The highest BCUT2D eigenvalue weighted by molar-refractivity contribution is 6.30. The lowest BCUT2D eigenvalue weighted by Crippen LogP contribution is -2.48. The summed E-state index contributed by atoms with van der Waals surface area (Å²) in [4.78, 5) is 2.35. The van der Waals surface area contributed by atoms with E-state index in [1.807, 2.05) is 19.1 Å². The van der Waals surface area contributed by atoms with E-state index in [-0.39, 0.29) is 11.6 Å². The summed E-state index contributed by atoms with van der Waals surface area (Å²) in [5.74, 6) is 0. The molecule has 3 nitrogen and oxygen atoms in total. The second-order valence-electron chi connectivity index (χ2n) is 5.98. The van der Waals surface area contributed by atoms with Gasteiger partial charge in [-0.1, -0.05) is 17.7 Å². The van der Waals surface area contributed by atoms with Crippen LogP contribution < -0.4 is 10.6 Å². The van der Waals surface area contributed by atoms with Crippen molar-refractivity contribution in [1.29, 1.82) is 0 Å². The number of hydrogen-bond acceptors (Lipinski definition) is 3. The van der Waals surface area contributed by atoms with E-state index < -0.39 is 0 Å².